The second-order valence-corrected chi connectivity index (χ2v) is 6.28. The maximum absolute atomic E-state index is 13.3. The van der Waals surface area contributed by atoms with E-state index in [4.69, 9.17) is 0 Å². The van der Waals surface area contributed by atoms with Crippen molar-refractivity contribution in [2.24, 2.45) is 0 Å². The van der Waals surface area contributed by atoms with Gasteiger partial charge in [0.15, 0.2) is 0 Å². The SMILES string of the molecule is CC(O)(Cc1csc2ccccc12)c1cc(F)cc(F)c1. The van der Waals surface area contributed by atoms with Gasteiger partial charge in [0.2, 0.25) is 0 Å². The highest BCUT2D eigenvalue weighted by Gasteiger charge is 2.26. The minimum Gasteiger partial charge on any atom is -0.385 e. The highest BCUT2D eigenvalue weighted by molar-refractivity contribution is 7.17. The largest absolute Gasteiger partial charge is 0.385 e. The molecule has 0 aliphatic rings. The van der Waals surface area contributed by atoms with E-state index in [1.165, 1.54) is 12.1 Å². The fourth-order valence-electron chi connectivity index (χ4n) is 2.51. The van der Waals surface area contributed by atoms with Gasteiger partial charge in [0.25, 0.3) is 0 Å². The molecule has 0 spiro atoms. The van der Waals surface area contributed by atoms with Crippen LogP contribution in [0.5, 0.6) is 0 Å². The van der Waals surface area contributed by atoms with Crippen molar-refractivity contribution in [2.45, 2.75) is 18.9 Å². The predicted octanol–water partition coefficient (Wildman–Crippen LogP) is 4.63. The molecular formula is C17H14F2OS. The lowest BCUT2D eigenvalue weighted by Crippen LogP contribution is -2.24. The van der Waals surface area contributed by atoms with Gasteiger partial charge in [-0.25, -0.2) is 8.78 Å². The number of halogens is 2. The molecule has 3 rings (SSSR count). The van der Waals surface area contributed by atoms with Crippen LogP contribution in [0.4, 0.5) is 8.78 Å². The Hall–Kier alpha value is -1.78. The van der Waals surface area contributed by atoms with E-state index in [1.807, 2.05) is 29.6 Å². The van der Waals surface area contributed by atoms with Crippen molar-refractivity contribution >= 4 is 21.4 Å². The molecule has 0 saturated heterocycles. The van der Waals surface area contributed by atoms with Crippen molar-refractivity contribution < 1.29 is 13.9 Å². The van der Waals surface area contributed by atoms with Gasteiger partial charge in [0.05, 0.1) is 5.60 Å². The van der Waals surface area contributed by atoms with Gasteiger partial charge in [-0.3, -0.25) is 0 Å². The van der Waals surface area contributed by atoms with E-state index >= 15 is 0 Å². The molecule has 0 amide bonds. The van der Waals surface area contributed by atoms with Gasteiger partial charge in [0.1, 0.15) is 11.6 Å². The van der Waals surface area contributed by atoms with Crippen LogP contribution in [-0.2, 0) is 12.0 Å². The number of hydrogen-bond donors (Lipinski definition) is 1. The number of hydrogen-bond acceptors (Lipinski definition) is 2. The van der Waals surface area contributed by atoms with Gasteiger partial charge in [0, 0.05) is 17.2 Å². The van der Waals surface area contributed by atoms with Crippen LogP contribution in [0.3, 0.4) is 0 Å². The first-order valence-electron chi connectivity index (χ1n) is 6.60. The molecule has 3 aromatic rings. The average molecular weight is 304 g/mol. The van der Waals surface area contributed by atoms with E-state index in [0.717, 1.165) is 21.7 Å². The third-order valence-corrected chi connectivity index (χ3v) is 4.59. The van der Waals surface area contributed by atoms with Crippen LogP contribution in [0.15, 0.2) is 47.8 Å². The minimum absolute atomic E-state index is 0.246. The molecule has 0 radical (unpaired) electrons. The van der Waals surface area contributed by atoms with Crippen LogP contribution in [0.2, 0.25) is 0 Å². The van der Waals surface area contributed by atoms with Gasteiger partial charge >= 0.3 is 0 Å². The Morgan fingerprint density at radius 3 is 2.48 bits per heavy atom. The molecule has 0 aliphatic carbocycles. The Kier molecular flexibility index (Phi) is 3.51. The van der Waals surface area contributed by atoms with Crippen LogP contribution >= 0.6 is 11.3 Å². The van der Waals surface area contributed by atoms with Crippen LogP contribution in [0, 0.1) is 11.6 Å². The van der Waals surface area contributed by atoms with E-state index < -0.39 is 17.2 Å². The van der Waals surface area contributed by atoms with Crippen LogP contribution in [-0.4, -0.2) is 5.11 Å². The topological polar surface area (TPSA) is 20.2 Å². The van der Waals surface area contributed by atoms with Gasteiger partial charge in [-0.15, -0.1) is 11.3 Å². The quantitative estimate of drug-likeness (QED) is 0.748. The van der Waals surface area contributed by atoms with E-state index in [2.05, 4.69) is 0 Å². The molecule has 0 saturated carbocycles. The summed E-state index contributed by atoms with van der Waals surface area (Å²) >= 11 is 1.60. The standard InChI is InChI=1S/C17H14F2OS/c1-17(20,12-6-13(18)8-14(19)7-12)9-11-10-21-16-5-3-2-4-15(11)16/h2-8,10,20H,9H2,1H3. The Bertz CT molecular complexity index is 772. The maximum Gasteiger partial charge on any atom is 0.126 e. The molecule has 21 heavy (non-hydrogen) atoms. The smallest absolute Gasteiger partial charge is 0.126 e. The summed E-state index contributed by atoms with van der Waals surface area (Å²) in [5, 5.41) is 13.7. The first-order valence-corrected chi connectivity index (χ1v) is 7.48. The fraction of sp³-hybridized carbons (Fsp3) is 0.176. The van der Waals surface area contributed by atoms with E-state index in [9.17, 15) is 13.9 Å². The molecule has 1 heterocycles. The van der Waals surface area contributed by atoms with Crippen molar-refractivity contribution in [2.75, 3.05) is 0 Å². The molecule has 1 N–H and O–H groups in total. The Balaban J connectivity index is 1.99. The molecule has 1 nitrogen and oxygen atoms in total. The number of thiophene rings is 1. The Morgan fingerprint density at radius 1 is 1.10 bits per heavy atom. The first kappa shape index (κ1) is 14.2. The second-order valence-electron chi connectivity index (χ2n) is 5.37. The summed E-state index contributed by atoms with van der Waals surface area (Å²) in [6.45, 7) is 1.58. The van der Waals surface area contributed by atoms with Gasteiger partial charge in [-0.1, -0.05) is 18.2 Å². The van der Waals surface area contributed by atoms with Crippen molar-refractivity contribution in [3.05, 3.63) is 70.6 Å². The monoisotopic (exact) mass is 304 g/mol. The summed E-state index contributed by atoms with van der Waals surface area (Å²) < 4.78 is 27.8. The van der Waals surface area contributed by atoms with Gasteiger partial charge < -0.3 is 5.11 Å². The van der Waals surface area contributed by atoms with Crippen LogP contribution in [0.1, 0.15) is 18.1 Å². The van der Waals surface area contributed by atoms with Gasteiger partial charge in [-0.05, 0) is 47.0 Å². The number of rotatable bonds is 3. The summed E-state index contributed by atoms with van der Waals surface area (Å²) in [6, 6.07) is 11.1. The molecular weight excluding hydrogens is 290 g/mol. The molecule has 0 fully saturated rings. The summed E-state index contributed by atoms with van der Waals surface area (Å²) in [5.41, 5.74) is -0.104. The van der Waals surface area contributed by atoms with Crippen molar-refractivity contribution in [3.8, 4) is 0 Å². The Morgan fingerprint density at radius 2 is 1.76 bits per heavy atom. The zero-order valence-corrected chi connectivity index (χ0v) is 12.3. The summed E-state index contributed by atoms with van der Waals surface area (Å²) in [7, 11) is 0. The zero-order valence-electron chi connectivity index (χ0n) is 11.4. The van der Waals surface area contributed by atoms with Gasteiger partial charge in [-0.2, -0.15) is 0 Å². The zero-order chi connectivity index (χ0) is 15.0. The normalized spacial score (nSPS) is 14.3. The molecule has 1 unspecified atom stereocenters. The van der Waals surface area contributed by atoms with Crippen LogP contribution < -0.4 is 0 Å². The van der Waals surface area contributed by atoms with Crippen LogP contribution in [0.25, 0.3) is 10.1 Å². The average Bonchev–Trinajstić information content (AvgIpc) is 2.81. The van der Waals surface area contributed by atoms with E-state index in [-0.39, 0.29) is 5.56 Å². The van der Waals surface area contributed by atoms with Crippen molar-refractivity contribution in [1.82, 2.24) is 0 Å². The Labute approximate surface area is 125 Å². The number of fused-ring (bicyclic) bond motifs is 1. The maximum atomic E-state index is 13.3. The highest BCUT2D eigenvalue weighted by atomic mass is 32.1. The molecule has 1 aromatic heterocycles. The number of benzene rings is 2. The molecule has 0 aliphatic heterocycles. The summed E-state index contributed by atoms with van der Waals surface area (Å²) in [5.74, 6) is -1.36. The minimum atomic E-state index is -1.33. The third-order valence-electron chi connectivity index (χ3n) is 3.58. The predicted molar refractivity (Wildman–Crippen MR) is 81.5 cm³/mol. The lowest BCUT2D eigenvalue weighted by Gasteiger charge is -2.24. The van der Waals surface area contributed by atoms with E-state index in [0.29, 0.717) is 6.42 Å². The van der Waals surface area contributed by atoms with Crippen molar-refractivity contribution in [3.63, 3.8) is 0 Å². The fourth-order valence-corrected chi connectivity index (χ4v) is 3.47. The third kappa shape index (κ3) is 2.82. The lowest BCUT2D eigenvalue weighted by molar-refractivity contribution is 0.0573. The molecule has 108 valence electrons. The summed E-state index contributed by atoms with van der Waals surface area (Å²) in [4.78, 5) is 0. The second kappa shape index (κ2) is 5.20. The lowest BCUT2D eigenvalue weighted by atomic mass is 9.89. The van der Waals surface area contributed by atoms with Crippen molar-refractivity contribution in [1.29, 1.82) is 0 Å². The van der Waals surface area contributed by atoms with E-state index in [1.54, 1.807) is 18.3 Å². The number of aliphatic hydroxyl groups is 1. The molecule has 0 bridgehead atoms. The molecule has 1 atom stereocenters. The summed E-state index contributed by atoms with van der Waals surface area (Å²) in [6.07, 6.45) is 0.305. The molecule has 2 aromatic carbocycles. The highest BCUT2D eigenvalue weighted by Crippen LogP contribution is 2.32. The molecule has 4 heteroatoms. The first-order chi connectivity index (χ1) is 9.95.